The molecule has 2 heterocycles. The zero-order valence-corrected chi connectivity index (χ0v) is 15.8. The first kappa shape index (κ1) is 16.4. The van der Waals surface area contributed by atoms with Crippen molar-refractivity contribution in [3.8, 4) is 22.8 Å². The lowest BCUT2D eigenvalue weighted by Gasteiger charge is -2.12. The van der Waals surface area contributed by atoms with Crippen molar-refractivity contribution >= 4 is 27.5 Å². The molecule has 1 N–H and O–H groups in total. The summed E-state index contributed by atoms with van der Waals surface area (Å²) < 4.78 is 17.2. The van der Waals surface area contributed by atoms with Gasteiger partial charge in [-0.1, -0.05) is 21.1 Å². The average molecular weight is 427 g/mol. The number of benzene rings is 2. The van der Waals surface area contributed by atoms with Gasteiger partial charge in [0.05, 0.1) is 11.1 Å². The van der Waals surface area contributed by atoms with Crippen molar-refractivity contribution < 1.29 is 18.8 Å². The molecule has 6 nitrogen and oxygen atoms in total. The molecule has 1 amide bonds. The summed E-state index contributed by atoms with van der Waals surface area (Å²) in [6, 6.07) is 14.9. The Kier molecular flexibility index (Phi) is 3.72. The summed E-state index contributed by atoms with van der Waals surface area (Å²) in [6.07, 6.45) is 1.50. The summed E-state index contributed by atoms with van der Waals surface area (Å²) >= 11 is 3.39. The van der Waals surface area contributed by atoms with E-state index in [1.54, 1.807) is 0 Å². The van der Waals surface area contributed by atoms with Crippen molar-refractivity contribution in [3.05, 3.63) is 58.7 Å². The molecule has 0 bridgehead atoms. The van der Waals surface area contributed by atoms with Crippen LogP contribution in [0.1, 0.15) is 18.5 Å². The SMILES string of the molecule is O=C(Nc1ccc(Br)cc1)C1(c2cc(-c3ccc4c(c3)OCO4)on2)CC1. The molecule has 5 rings (SSSR count). The van der Waals surface area contributed by atoms with Crippen LogP contribution in [-0.2, 0) is 10.2 Å². The third-order valence-corrected chi connectivity index (χ3v) is 5.47. The van der Waals surface area contributed by atoms with E-state index < -0.39 is 5.41 Å². The fourth-order valence-electron chi connectivity index (χ4n) is 3.20. The number of hydrogen-bond donors (Lipinski definition) is 1. The highest BCUT2D eigenvalue weighted by Gasteiger charge is 2.53. The number of ether oxygens (including phenoxy) is 2. The van der Waals surface area contributed by atoms with Gasteiger partial charge in [0.2, 0.25) is 12.7 Å². The van der Waals surface area contributed by atoms with Gasteiger partial charge in [-0.15, -0.1) is 0 Å². The Morgan fingerprint density at radius 3 is 2.59 bits per heavy atom. The van der Waals surface area contributed by atoms with E-state index in [-0.39, 0.29) is 12.7 Å². The molecule has 2 aromatic carbocycles. The summed E-state index contributed by atoms with van der Waals surface area (Å²) in [7, 11) is 0. The predicted molar refractivity (Wildman–Crippen MR) is 102 cm³/mol. The van der Waals surface area contributed by atoms with Gasteiger partial charge in [0.25, 0.3) is 0 Å². The molecule has 0 radical (unpaired) electrons. The molecule has 1 fully saturated rings. The quantitative estimate of drug-likeness (QED) is 0.664. The smallest absolute Gasteiger partial charge is 0.236 e. The van der Waals surface area contributed by atoms with Crippen LogP contribution in [-0.4, -0.2) is 17.9 Å². The Morgan fingerprint density at radius 1 is 1.04 bits per heavy atom. The highest BCUT2D eigenvalue weighted by atomic mass is 79.9. The number of rotatable bonds is 4. The number of halogens is 1. The van der Waals surface area contributed by atoms with Gasteiger partial charge in [-0.25, -0.2) is 0 Å². The number of fused-ring (bicyclic) bond motifs is 1. The van der Waals surface area contributed by atoms with Gasteiger partial charge >= 0.3 is 0 Å². The number of hydrogen-bond acceptors (Lipinski definition) is 5. The van der Waals surface area contributed by atoms with Crippen LogP contribution < -0.4 is 14.8 Å². The van der Waals surface area contributed by atoms with E-state index in [4.69, 9.17) is 14.0 Å². The van der Waals surface area contributed by atoms with Gasteiger partial charge in [0, 0.05) is 21.8 Å². The van der Waals surface area contributed by atoms with Crippen LogP contribution >= 0.6 is 15.9 Å². The minimum absolute atomic E-state index is 0.0599. The van der Waals surface area contributed by atoms with Crippen molar-refractivity contribution in [1.82, 2.24) is 5.16 Å². The Balaban J connectivity index is 1.38. The van der Waals surface area contributed by atoms with E-state index in [2.05, 4.69) is 26.4 Å². The normalized spacial score (nSPS) is 16.2. The van der Waals surface area contributed by atoms with E-state index in [0.29, 0.717) is 23.0 Å². The minimum atomic E-state index is -0.620. The second kappa shape index (κ2) is 6.13. The lowest BCUT2D eigenvalue weighted by atomic mass is 10.00. The van der Waals surface area contributed by atoms with Gasteiger partial charge in [-0.05, 0) is 55.3 Å². The van der Waals surface area contributed by atoms with Crippen LogP contribution in [0.25, 0.3) is 11.3 Å². The number of nitrogens with one attached hydrogen (secondary N) is 1. The number of aromatic nitrogens is 1. The van der Waals surface area contributed by atoms with Crippen LogP contribution in [0.3, 0.4) is 0 Å². The molecule has 0 atom stereocenters. The number of nitrogens with zero attached hydrogens (tertiary/aromatic N) is 1. The van der Waals surface area contributed by atoms with Crippen molar-refractivity contribution in [2.75, 3.05) is 12.1 Å². The monoisotopic (exact) mass is 426 g/mol. The molecule has 1 saturated carbocycles. The molecular weight excluding hydrogens is 412 g/mol. The van der Waals surface area contributed by atoms with E-state index >= 15 is 0 Å². The first-order valence-electron chi connectivity index (χ1n) is 8.58. The minimum Gasteiger partial charge on any atom is -0.454 e. The standard InChI is InChI=1S/C20H15BrN2O4/c21-13-2-4-14(5-3-13)22-19(24)20(7-8-20)18-10-16(27-23-18)12-1-6-15-17(9-12)26-11-25-15/h1-6,9-10H,7-8,11H2,(H,22,24). The van der Waals surface area contributed by atoms with Crippen LogP contribution in [0.4, 0.5) is 5.69 Å². The number of amides is 1. The van der Waals surface area contributed by atoms with Crippen LogP contribution in [0.15, 0.2) is 57.5 Å². The van der Waals surface area contributed by atoms with Crippen LogP contribution in [0.2, 0.25) is 0 Å². The van der Waals surface area contributed by atoms with Crippen LogP contribution in [0, 0.1) is 0 Å². The maximum absolute atomic E-state index is 12.8. The Morgan fingerprint density at radius 2 is 1.81 bits per heavy atom. The molecular formula is C20H15BrN2O4. The molecule has 1 aliphatic carbocycles. The first-order chi connectivity index (χ1) is 13.1. The number of carbonyl (C=O) groups is 1. The van der Waals surface area contributed by atoms with Gasteiger partial charge < -0.3 is 19.3 Å². The second-order valence-electron chi connectivity index (χ2n) is 6.69. The van der Waals surface area contributed by atoms with Crippen molar-refractivity contribution in [3.63, 3.8) is 0 Å². The summed E-state index contributed by atoms with van der Waals surface area (Å²) in [5.74, 6) is 1.94. The molecule has 27 heavy (non-hydrogen) atoms. The molecule has 0 unspecified atom stereocenters. The van der Waals surface area contributed by atoms with Gasteiger partial charge in [-0.2, -0.15) is 0 Å². The Hall–Kier alpha value is -2.80. The number of anilines is 1. The fourth-order valence-corrected chi connectivity index (χ4v) is 3.46. The molecule has 3 aromatic rings. The number of carbonyl (C=O) groups excluding carboxylic acids is 1. The molecule has 2 aliphatic rings. The third-order valence-electron chi connectivity index (χ3n) is 4.94. The topological polar surface area (TPSA) is 73.6 Å². The maximum atomic E-state index is 12.8. The van der Waals surface area contributed by atoms with Crippen molar-refractivity contribution in [1.29, 1.82) is 0 Å². The summed E-state index contributed by atoms with van der Waals surface area (Å²) in [4.78, 5) is 12.8. The Labute approximate surface area is 163 Å². The average Bonchev–Trinajstić information content (AvgIpc) is 3.13. The van der Waals surface area contributed by atoms with Gasteiger partial charge in [-0.3, -0.25) is 4.79 Å². The maximum Gasteiger partial charge on any atom is 0.236 e. The van der Waals surface area contributed by atoms with E-state index in [1.807, 2.05) is 48.5 Å². The second-order valence-corrected chi connectivity index (χ2v) is 7.60. The molecule has 1 aliphatic heterocycles. The summed E-state index contributed by atoms with van der Waals surface area (Å²) in [5, 5.41) is 7.16. The zero-order valence-electron chi connectivity index (χ0n) is 14.2. The zero-order chi connectivity index (χ0) is 18.4. The van der Waals surface area contributed by atoms with Crippen LogP contribution in [0.5, 0.6) is 11.5 Å². The van der Waals surface area contributed by atoms with E-state index in [1.165, 1.54) is 0 Å². The van der Waals surface area contributed by atoms with Gasteiger partial charge in [0.1, 0.15) is 0 Å². The van der Waals surface area contributed by atoms with E-state index in [9.17, 15) is 4.79 Å². The van der Waals surface area contributed by atoms with Crippen molar-refractivity contribution in [2.45, 2.75) is 18.3 Å². The largest absolute Gasteiger partial charge is 0.454 e. The predicted octanol–water partition coefficient (Wildman–Crippen LogP) is 4.50. The molecule has 1 aromatic heterocycles. The first-order valence-corrected chi connectivity index (χ1v) is 9.38. The third kappa shape index (κ3) is 2.88. The summed E-state index contributed by atoms with van der Waals surface area (Å²) in [6.45, 7) is 0.222. The molecule has 0 spiro atoms. The fraction of sp³-hybridized carbons (Fsp3) is 0.200. The van der Waals surface area contributed by atoms with Crippen molar-refractivity contribution in [2.24, 2.45) is 0 Å². The molecule has 136 valence electrons. The van der Waals surface area contributed by atoms with E-state index in [0.717, 1.165) is 28.6 Å². The van der Waals surface area contributed by atoms with Gasteiger partial charge in [0.15, 0.2) is 17.3 Å². The Bertz CT molecular complexity index is 1020. The lowest BCUT2D eigenvalue weighted by molar-refractivity contribution is -0.118. The summed E-state index contributed by atoms with van der Waals surface area (Å²) in [5.41, 5.74) is 1.63. The molecule has 0 saturated heterocycles. The molecule has 7 heteroatoms. The highest BCUT2D eigenvalue weighted by molar-refractivity contribution is 9.10. The lowest BCUT2D eigenvalue weighted by Crippen LogP contribution is -2.28. The highest BCUT2D eigenvalue weighted by Crippen LogP contribution is 2.49.